The highest BCUT2D eigenvalue weighted by Gasteiger charge is 2.36. The van der Waals surface area contributed by atoms with Crippen molar-refractivity contribution in [2.24, 2.45) is 5.92 Å². The van der Waals surface area contributed by atoms with E-state index in [1.807, 2.05) is 54.6 Å². The van der Waals surface area contributed by atoms with E-state index in [2.05, 4.69) is 77.7 Å². The van der Waals surface area contributed by atoms with Gasteiger partial charge in [0.2, 0.25) is 5.91 Å². The van der Waals surface area contributed by atoms with E-state index in [0.29, 0.717) is 18.0 Å². The molecule has 5 aromatic rings. The van der Waals surface area contributed by atoms with Gasteiger partial charge in [-0.2, -0.15) is 0 Å². The number of benzene rings is 5. The number of ether oxygens (including phenoxy) is 1. The number of hydrogen-bond acceptors (Lipinski definition) is 3. The molecule has 0 N–H and O–H groups in total. The van der Waals surface area contributed by atoms with Crippen molar-refractivity contribution < 1.29 is 14.3 Å². The van der Waals surface area contributed by atoms with Gasteiger partial charge in [-0.05, 0) is 76.3 Å². The quantitative estimate of drug-likeness (QED) is 0.165. The second-order valence-corrected chi connectivity index (χ2v) is 11.6. The predicted octanol–water partition coefficient (Wildman–Crippen LogP) is 8.26. The predicted molar refractivity (Wildman–Crippen MR) is 175 cm³/mol. The van der Waals surface area contributed by atoms with E-state index in [1.54, 1.807) is 6.07 Å². The molecule has 220 valence electrons. The minimum atomic E-state index is -0.368. The molecule has 1 aliphatic rings. The largest absolute Gasteiger partial charge is 0.465 e. The van der Waals surface area contributed by atoms with Crippen molar-refractivity contribution in [1.82, 2.24) is 4.90 Å². The van der Waals surface area contributed by atoms with E-state index in [1.165, 1.54) is 23.8 Å². The summed E-state index contributed by atoms with van der Waals surface area (Å²) in [5.74, 6) is 0.0361. The maximum absolute atomic E-state index is 14.5. The second-order valence-electron chi connectivity index (χ2n) is 11.6. The summed E-state index contributed by atoms with van der Waals surface area (Å²) < 4.78 is 4.92. The van der Waals surface area contributed by atoms with Crippen LogP contribution in [-0.2, 0) is 35.3 Å². The van der Waals surface area contributed by atoms with Gasteiger partial charge in [-0.1, -0.05) is 121 Å². The summed E-state index contributed by atoms with van der Waals surface area (Å²) >= 11 is 0. The molecule has 2 atom stereocenters. The summed E-state index contributed by atoms with van der Waals surface area (Å²) in [5, 5.41) is 0. The topological polar surface area (TPSA) is 46.6 Å². The lowest BCUT2D eigenvalue weighted by molar-refractivity contribution is -0.135. The Morgan fingerprint density at radius 3 is 2.09 bits per heavy atom. The third-order valence-electron chi connectivity index (χ3n) is 8.70. The van der Waals surface area contributed by atoms with Crippen LogP contribution in [0.4, 0.5) is 0 Å². The Kier molecular flexibility index (Phi) is 8.98. The van der Waals surface area contributed by atoms with Crippen molar-refractivity contribution in [2.45, 2.75) is 38.3 Å². The minimum Gasteiger partial charge on any atom is -0.465 e. The summed E-state index contributed by atoms with van der Waals surface area (Å²) in [7, 11) is 1.39. The van der Waals surface area contributed by atoms with Gasteiger partial charge < -0.3 is 9.64 Å². The van der Waals surface area contributed by atoms with E-state index in [9.17, 15) is 9.59 Å². The molecule has 0 radical (unpaired) electrons. The van der Waals surface area contributed by atoms with E-state index >= 15 is 0 Å². The third kappa shape index (κ3) is 6.65. The van der Waals surface area contributed by atoms with Crippen LogP contribution in [0.25, 0.3) is 11.1 Å². The van der Waals surface area contributed by atoms with Crippen LogP contribution >= 0.6 is 0 Å². The number of esters is 1. The van der Waals surface area contributed by atoms with Crippen molar-refractivity contribution >= 4 is 11.9 Å². The first-order chi connectivity index (χ1) is 21.6. The van der Waals surface area contributed by atoms with Gasteiger partial charge >= 0.3 is 5.97 Å². The van der Waals surface area contributed by atoms with Crippen LogP contribution in [0.1, 0.15) is 50.6 Å². The third-order valence-corrected chi connectivity index (χ3v) is 8.70. The minimum absolute atomic E-state index is 0.0345. The zero-order valence-electron chi connectivity index (χ0n) is 25.1. The van der Waals surface area contributed by atoms with Crippen molar-refractivity contribution in [3.63, 3.8) is 0 Å². The fourth-order valence-corrected chi connectivity index (χ4v) is 6.56. The fourth-order valence-electron chi connectivity index (χ4n) is 6.56. The number of fused-ring (bicyclic) bond motifs is 1. The van der Waals surface area contributed by atoms with E-state index in [-0.39, 0.29) is 24.3 Å². The van der Waals surface area contributed by atoms with Gasteiger partial charge in [0.05, 0.1) is 25.1 Å². The average molecular weight is 580 g/mol. The average Bonchev–Trinajstić information content (AvgIpc) is 3.08. The SMILES string of the molecule is COC(=O)c1cccc(-c2cccc(CC(=O)N(Cc3ccccc3)[C@@H]3c4ccccc4CC[C@H]3Cc3ccccc3)c2)c1. The lowest BCUT2D eigenvalue weighted by atomic mass is 9.76. The van der Waals surface area contributed by atoms with Crippen molar-refractivity contribution in [2.75, 3.05) is 7.11 Å². The van der Waals surface area contributed by atoms with Gasteiger partial charge in [-0.25, -0.2) is 4.79 Å². The Bertz CT molecular complexity index is 1730. The highest BCUT2D eigenvalue weighted by Crippen LogP contribution is 2.41. The van der Waals surface area contributed by atoms with Gasteiger partial charge in [0.1, 0.15) is 0 Å². The maximum Gasteiger partial charge on any atom is 0.337 e. The van der Waals surface area contributed by atoms with Crippen LogP contribution in [-0.4, -0.2) is 23.9 Å². The van der Waals surface area contributed by atoms with Gasteiger partial charge in [-0.3, -0.25) is 4.79 Å². The highest BCUT2D eigenvalue weighted by molar-refractivity contribution is 5.91. The molecule has 0 fully saturated rings. The molecule has 0 aromatic heterocycles. The van der Waals surface area contributed by atoms with Crippen molar-refractivity contribution in [1.29, 1.82) is 0 Å². The first kappa shape index (κ1) is 29.1. The summed E-state index contributed by atoms with van der Waals surface area (Å²) in [6, 6.07) is 45.1. The number of carbonyl (C=O) groups is 2. The number of hydrogen-bond donors (Lipinski definition) is 0. The van der Waals surface area contributed by atoms with Crippen LogP contribution in [0, 0.1) is 5.92 Å². The number of nitrogens with zero attached hydrogens (tertiary/aromatic N) is 1. The van der Waals surface area contributed by atoms with Crippen molar-refractivity contribution in [3.8, 4) is 11.1 Å². The second kappa shape index (κ2) is 13.6. The maximum atomic E-state index is 14.5. The van der Waals surface area contributed by atoms with E-state index in [0.717, 1.165) is 41.5 Å². The zero-order valence-corrected chi connectivity index (χ0v) is 25.1. The number of methoxy groups -OCH3 is 1. The van der Waals surface area contributed by atoms with Gasteiger partial charge in [0.25, 0.3) is 0 Å². The lowest BCUT2D eigenvalue weighted by Crippen LogP contribution is -2.41. The summed E-state index contributed by atoms with van der Waals surface area (Å²) in [6.07, 6.45) is 3.25. The molecular formula is C40H37NO3. The molecule has 5 aromatic carbocycles. The molecule has 1 aliphatic carbocycles. The molecular weight excluding hydrogens is 542 g/mol. The number of rotatable bonds is 9. The number of carbonyl (C=O) groups excluding carboxylic acids is 2. The molecule has 4 heteroatoms. The first-order valence-electron chi connectivity index (χ1n) is 15.3. The van der Waals surface area contributed by atoms with Gasteiger partial charge in [-0.15, -0.1) is 0 Å². The Morgan fingerprint density at radius 1 is 0.705 bits per heavy atom. The van der Waals surface area contributed by atoms with Crippen molar-refractivity contribution in [3.05, 3.63) is 167 Å². The van der Waals surface area contributed by atoms with Gasteiger partial charge in [0, 0.05) is 6.54 Å². The van der Waals surface area contributed by atoms with Crippen LogP contribution < -0.4 is 0 Å². The zero-order chi connectivity index (χ0) is 30.3. The molecule has 4 nitrogen and oxygen atoms in total. The Balaban J connectivity index is 1.35. The lowest BCUT2D eigenvalue weighted by Gasteiger charge is -2.42. The Hall–Kier alpha value is -4.96. The first-order valence-corrected chi connectivity index (χ1v) is 15.3. The molecule has 0 heterocycles. The van der Waals surface area contributed by atoms with Crippen LogP contribution in [0.2, 0.25) is 0 Å². The van der Waals surface area contributed by atoms with E-state index < -0.39 is 0 Å². The fraction of sp³-hybridized carbons (Fsp3) is 0.200. The molecule has 1 amide bonds. The summed E-state index contributed by atoms with van der Waals surface area (Å²) in [5.41, 5.74) is 8.33. The standard InChI is InChI=1S/C40H37NO3/c1-44-40(43)36-20-11-19-34(27-36)33-18-10-16-31(25-33)26-38(42)41(28-30-14-6-3-7-15-30)39-35(24-29-12-4-2-5-13-29)23-22-32-17-8-9-21-37(32)39/h2-21,25,27,35,39H,22-24,26,28H2,1H3/t35-,39-/m0/s1. The highest BCUT2D eigenvalue weighted by atomic mass is 16.5. The van der Waals surface area contributed by atoms with E-state index in [4.69, 9.17) is 4.74 Å². The van der Waals surface area contributed by atoms with Crippen LogP contribution in [0.3, 0.4) is 0 Å². The summed E-state index contributed by atoms with van der Waals surface area (Å²) in [4.78, 5) is 28.8. The molecule has 0 saturated heterocycles. The molecule has 0 saturated carbocycles. The number of aryl methyl sites for hydroxylation is 1. The summed E-state index contributed by atoms with van der Waals surface area (Å²) in [6.45, 7) is 0.546. The smallest absolute Gasteiger partial charge is 0.337 e. The molecule has 0 bridgehead atoms. The molecule has 0 aliphatic heterocycles. The van der Waals surface area contributed by atoms with Gasteiger partial charge in [0.15, 0.2) is 0 Å². The normalized spacial score (nSPS) is 15.7. The van der Waals surface area contributed by atoms with Crippen LogP contribution in [0.5, 0.6) is 0 Å². The molecule has 0 spiro atoms. The van der Waals surface area contributed by atoms with Crippen LogP contribution in [0.15, 0.2) is 133 Å². The molecule has 6 rings (SSSR count). The Morgan fingerprint density at radius 2 is 1.34 bits per heavy atom. The Labute approximate surface area is 259 Å². The molecule has 0 unspecified atom stereocenters. The number of amides is 1. The molecule has 44 heavy (non-hydrogen) atoms. The monoisotopic (exact) mass is 579 g/mol.